The average molecular weight is 205 g/mol. The van der Waals surface area contributed by atoms with Crippen molar-refractivity contribution in [3.8, 4) is 17.3 Å². The van der Waals surface area contributed by atoms with Gasteiger partial charge in [0.1, 0.15) is 5.82 Å². The van der Waals surface area contributed by atoms with Gasteiger partial charge >= 0.3 is 5.97 Å². The Hall–Kier alpha value is -2.37. The van der Waals surface area contributed by atoms with E-state index in [4.69, 9.17) is 10.2 Å². The molecule has 2 aromatic rings. The van der Waals surface area contributed by atoms with E-state index in [0.717, 1.165) is 0 Å². The van der Waals surface area contributed by atoms with E-state index >= 15 is 0 Å². The van der Waals surface area contributed by atoms with Crippen molar-refractivity contribution in [2.24, 2.45) is 0 Å². The maximum absolute atomic E-state index is 10.8. The van der Waals surface area contributed by atoms with Crippen LogP contribution in [0.5, 0.6) is 5.88 Å². The van der Waals surface area contributed by atoms with Crippen molar-refractivity contribution < 1.29 is 15.0 Å². The quantitative estimate of drug-likeness (QED) is 0.675. The van der Waals surface area contributed by atoms with Crippen molar-refractivity contribution in [2.75, 3.05) is 0 Å². The molecule has 0 bridgehead atoms. The predicted molar refractivity (Wildman–Crippen MR) is 50.4 cm³/mol. The molecular weight excluding hydrogens is 198 g/mol. The highest BCUT2D eigenvalue weighted by atomic mass is 16.4. The molecule has 0 aliphatic heterocycles. The second-order valence-electron chi connectivity index (χ2n) is 2.82. The number of nitrogens with zero attached hydrogens (tertiary/aromatic N) is 2. The summed E-state index contributed by atoms with van der Waals surface area (Å²) in [6, 6.07) is 3.16. The molecule has 0 unspecified atom stereocenters. The molecule has 0 radical (unpaired) electrons. The highest BCUT2D eigenvalue weighted by Crippen LogP contribution is 2.20. The van der Waals surface area contributed by atoms with Crippen LogP contribution in [0, 0.1) is 0 Å². The summed E-state index contributed by atoms with van der Waals surface area (Å²) < 4.78 is 0. The van der Waals surface area contributed by atoms with Crippen LogP contribution in [-0.2, 0) is 0 Å². The molecule has 6 heteroatoms. The number of imidazole rings is 1. The second-order valence-corrected chi connectivity index (χ2v) is 2.82. The molecule has 2 aromatic heterocycles. The van der Waals surface area contributed by atoms with Crippen LogP contribution in [0.3, 0.4) is 0 Å². The molecule has 0 saturated carbocycles. The Morgan fingerprint density at radius 2 is 2.20 bits per heavy atom. The number of aromatic carboxylic acids is 1. The molecule has 2 rings (SSSR count). The summed E-state index contributed by atoms with van der Waals surface area (Å²) in [5, 5.41) is 17.9. The Morgan fingerprint density at radius 1 is 1.40 bits per heavy atom. The van der Waals surface area contributed by atoms with Crippen LogP contribution in [0.2, 0.25) is 0 Å². The van der Waals surface area contributed by atoms with Crippen LogP contribution >= 0.6 is 0 Å². The minimum absolute atomic E-state index is 0.105. The van der Waals surface area contributed by atoms with E-state index in [2.05, 4.69) is 15.0 Å². The molecule has 6 nitrogen and oxygen atoms in total. The molecule has 0 amide bonds. The van der Waals surface area contributed by atoms with Gasteiger partial charge in [0.15, 0.2) is 5.69 Å². The third kappa shape index (κ3) is 1.64. The summed E-state index contributed by atoms with van der Waals surface area (Å²) in [6.07, 6.45) is 2.59. The highest BCUT2D eigenvalue weighted by molar-refractivity contribution is 5.92. The van der Waals surface area contributed by atoms with E-state index in [-0.39, 0.29) is 17.4 Å². The van der Waals surface area contributed by atoms with E-state index in [1.54, 1.807) is 12.1 Å². The zero-order chi connectivity index (χ0) is 10.8. The van der Waals surface area contributed by atoms with Gasteiger partial charge in [0.05, 0.1) is 11.8 Å². The van der Waals surface area contributed by atoms with E-state index in [1.165, 1.54) is 12.4 Å². The van der Waals surface area contributed by atoms with Gasteiger partial charge in [-0.1, -0.05) is 0 Å². The van der Waals surface area contributed by atoms with Crippen molar-refractivity contribution in [3.05, 3.63) is 30.2 Å². The zero-order valence-corrected chi connectivity index (χ0v) is 7.51. The smallest absolute Gasteiger partial charge is 0.355 e. The van der Waals surface area contributed by atoms with Gasteiger partial charge in [-0.25, -0.2) is 14.8 Å². The van der Waals surface area contributed by atoms with Gasteiger partial charge in [-0.3, -0.25) is 0 Å². The molecule has 15 heavy (non-hydrogen) atoms. The fraction of sp³-hybridized carbons (Fsp3) is 0. The van der Waals surface area contributed by atoms with Crippen LogP contribution in [0.1, 0.15) is 10.5 Å². The van der Waals surface area contributed by atoms with Crippen LogP contribution in [0.4, 0.5) is 0 Å². The molecule has 2 heterocycles. The minimum atomic E-state index is -1.14. The third-order valence-electron chi connectivity index (χ3n) is 1.83. The predicted octanol–water partition coefficient (Wildman–Crippen LogP) is 0.875. The number of aromatic nitrogens is 3. The van der Waals surface area contributed by atoms with Crippen molar-refractivity contribution in [1.29, 1.82) is 0 Å². The summed E-state index contributed by atoms with van der Waals surface area (Å²) >= 11 is 0. The zero-order valence-electron chi connectivity index (χ0n) is 7.51. The van der Waals surface area contributed by atoms with E-state index in [1.807, 2.05) is 0 Å². The Labute approximate surface area is 84.3 Å². The lowest BCUT2D eigenvalue weighted by atomic mass is 10.2. The third-order valence-corrected chi connectivity index (χ3v) is 1.83. The normalized spacial score (nSPS) is 10.1. The summed E-state index contributed by atoms with van der Waals surface area (Å²) in [5.41, 5.74) is 0.233. The van der Waals surface area contributed by atoms with Gasteiger partial charge in [-0.15, -0.1) is 0 Å². The standard InChI is InChI=1S/C9H7N3O3/c13-6-4-11-8(12-6)5-2-1-3-10-7(5)9(14)15/h1-4,13H,(H,11,12)(H,14,15). The number of aromatic hydroxyl groups is 1. The first-order valence-electron chi connectivity index (χ1n) is 4.11. The maximum atomic E-state index is 10.8. The molecule has 0 atom stereocenters. The van der Waals surface area contributed by atoms with Crippen molar-refractivity contribution >= 4 is 5.97 Å². The SMILES string of the molecule is O=C(O)c1ncccc1-c1ncc(O)[nH]1. The number of carbonyl (C=O) groups is 1. The van der Waals surface area contributed by atoms with Crippen molar-refractivity contribution in [2.45, 2.75) is 0 Å². The largest absolute Gasteiger partial charge is 0.493 e. The number of aromatic amines is 1. The molecule has 0 spiro atoms. The number of carboxylic acid groups (broad SMARTS) is 1. The number of pyridine rings is 1. The van der Waals surface area contributed by atoms with Crippen LogP contribution in [-0.4, -0.2) is 31.1 Å². The maximum Gasteiger partial charge on any atom is 0.355 e. The highest BCUT2D eigenvalue weighted by Gasteiger charge is 2.14. The first kappa shape index (κ1) is 9.20. The van der Waals surface area contributed by atoms with Gasteiger partial charge in [-0.05, 0) is 12.1 Å². The molecule has 0 aliphatic rings. The molecule has 0 aromatic carbocycles. The number of nitrogens with one attached hydrogen (secondary N) is 1. The fourth-order valence-corrected chi connectivity index (χ4v) is 1.22. The van der Waals surface area contributed by atoms with E-state index in [0.29, 0.717) is 5.56 Å². The lowest BCUT2D eigenvalue weighted by Gasteiger charge is -2.00. The van der Waals surface area contributed by atoms with Crippen molar-refractivity contribution in [1.82, 2.24) is 15.0 Å². The number of rotatable bonds is 2. The Kier molecular flexibility index (Phi) is 2.09. The Balaban J connectivity index is 2.57. The summed E-state index contributed by atoms with van der Waals surface area (Å²) in [4.78, 5) is 20.9. The summed E-state index contributed by atoms with van der Waals surface area (Å²) in [7, 11) is 0. The summed E-state index contributed by atoms with van der Waals surface area (Å²) in [6.45, 7) is 0. The minimum Gasteiger partial charge on any atom is -0.493 e. The lowest BCUT2D eigenvalue weighted by Crippen LogP contribution is -2.03. The Morgan fingerprint density at radius 3 is 2.80 bits per heavy atom. The van der Waals surface area contributed by atoms with Gasteiger partial charge in [0, 0.05) is 6.20 Å². The molecule has 0 saturated heterocycles. The van der Waals surface area contributed by atoms with Gasteiger partial charge < -0.3 is 15.2 Å². The number of hydrogen-bond acceptors (Lipinski definition) is 4. The van der Waals surface area contributed by atoms with Crippen LogP contribution in [0.25, 0.3) is 11.4 Å². The van der Waals surface area contributed by atoms with Crippen LogP contribution in [0.15, 0.2) is 24.5 Å². The average Bonchev–Trinajstić information content (AvgIpc) is 2.65. The molecular formula is C9H7N3O3. The van der Waals surface area contributed by atoms with Crippen LogP contribution < -0.4 is 0 Å². The Bertz CT molecular complexity index is 507. The number of hydrogen-bond donors (Lipinski definition) is 3. The van der Waals surface area contributed by atoms with E-state index in [9.17, 15) is 4.79 Å². The molecule has 3 N–H and O–H groups in total. The lowest BCUT2D eigenvalue weighted by molar-refractivity contribution is 0.0691. The fourth-order valence-electron chi connectivity index (χ4n) is 1.22. The molecule has 0 fully saturated rings. The first-order chi connectivity index (χ1) is 7.18. The second kappa shape index (κ2) is 3.41. The molecule has 0 aliphatic carbocycles. The summed E-state index contributed by atoms with van der Waals surface area (Å²) in [5.74, 6) is -0.982. The first-order valence-corrected chi connectivity index (χ1v) is 4.11. The van der Waals surface area contributed by atoms with Gasteiger partial charge in [0.2, 0.25) is 5.88 Å². The number of carboxylic acids is 1. The topological polar surface area (TPSA) is 99.1 Å². The molecule has 76 valence electrons. The van der Waals surface area contributed by atoms with Gasteiger partial charge in [-0.2, -0.15) is 0 Å². The monoisotopic (exact) mass is 205 g/mol. The van der Waals surface area contributed by atoms with Gasteiger partial charge in [0.25, 0.3) is 0 Å². The van der Waals surface area contributed by atoms with Crippen molar-refractivity contribution in [3.63, 3.8) is 0 Å². The van der Waals surface area contributed by atoms with E-state index < -0.39 is 5.97 Å². The number of H-pyrrole nitrogens is 1.